The Morgan fingerprint density at radius 1 is 1.20 bits per heavy atom. The zero-order valence-electron chi connectivity index (χ0n) is 16.5. The Kier molecular flexibility index (Phi) is 7.32. The fourth-order valence-corrected chi connectivity index (χ4v) is 3.73. The van der Waals surface area contributed by atoms with Crippen LogP contribution in [-0.4, -0.2) is 39.7 Å². The third kappa shape index (κ3) is 6.10. The number of halogens is 2. The van der Waals surface area contributed by atoms with Gasteiger partial charge >= 0.3 is 11.9 Å². The number of nitrogens with one attached hydrogen (secondary N) is 1. The predicted octanol–water partition coefficient (Wildman–Crippen LogP) is 1.54. The summed E-state index contributed by atoms with van der Waals surface area (Å²) >= 11 is 1.08. The molecule has 1 aliphatic heterocycles. The van der Waals surface area contributed by atoms with Crippen molar-refractivity contribution in [3.8, 4) is 0 Å². The highest BCUT2D eigenvalue weighted by molar-refractivity contribution is 8.03. The Morgan fingerprint density at radius 3 is 2.37 bits per heavy atom. The van der Waals surface area contributed by atoms with Gasteiger partial charge in [-0.05, 0) is 37.0 Å². The lowest BCUT2D eigenvalue weighted by atomic mass is 10.1. The Labute approximate surface area is 175 Å². The monoisotopic (exact) mass is 441 g/mol. The molecule has 2 amide bonds. The van der Waals surface area contributed by atoms with Crippen molar-refractivity contribution in [3.63, 3.8) is 0 Å². The van der Waals surface area contributed by atoms with Gasteiger partial charge in [-0.25, -0.2) is 8.78 Å². The maximum atomic E-state index is 13.3. The molecule has 0 saturated heterocycles. The minimum atomic E-state index is -1.23. The van der Waals surface area contributed by atoms with Crippen molar-refractivity contribution >= 4 is 35.5 Å². The highest BCUT2D eigenvalue weighted by Gasteiger charge is 2.41. The summed E-state index contributed by atoms with van der Waals surface area (Å²) in [5.74, 6) is -4.51. The first-order valence-corrected chi connectivity index (χ1v) is 9.72. The first-order valence-electron chi connectivity index (χ1n) is 8.84. The van der Waals surface area contributed by atoms with Crippen molar-refractivity contribution in [2.45, 2.75) is 44.6 Å². The Balaban J connectivity index is 2.06. The molecular formula is C19H21F2N3O5S. The van der Waals surface area contributed by atoms with Gasteiger partial charge in [0.1, 0.15) is 22.7 Å². The number of hydrogen-bond donors (Lipinski definition) is 2. The number of esters is 2. The van der Waals surface area contributed by atoms with Crippen LogP contribution in [0.3, 0.4) is 0 Å². The smallest absolute Gasteiger partial charge is 0.319 e. The molecule has 0 bridgehead atoms. The summed E-state index contributed by atoms with van der Waals surface area (Å²) in [7, 11) is 0. The van der Waals surface area contributed by atoms with E-state index in [-0.39, 0.29) is 24.1 Å². The Hall–Kier alpha value is -2.79. The molecule has 0 aliphatic carbocycles. The molecule has 8 nitrogen and oxygen atoms in total. The minimum Gasteiger partial charge on any atom is -0.393 e. The number of thioether (sulfide) groups is 1. The molecule has 0 radical (unpaired) electrons. The fraction of sp³-hybridized carbons (Fsp3) is 0.368. The van der Waals surface area contributed by atoms with Crippen LogP contribution in [0.15, 0.2) is 29.3 Å². The second kappa shape index (κ2) is 9.35. The fourth-order valence-electron chi connectivity index (χ4n) is 2.85. The lowest BCUT2D eigenvalue weighted by molar-refractivity contribution is -0.157. The van der Waals surface area contributed by atoms with E-state index in [9.17, 15) is 28.0 Å². The SMILES string of the molecule is CC(=O)OC(=O)CC1=CSC(C)(N)N1C(=O)[C@H](C)NC(=O)Cc1cc(F)cc(F)c1. The summed E-state index contributed by atoms with van der Waals surface area (Å²) in [6.45, 7) is 4.03. The number of nitrogens with zero attached hydrogens (tertiary/aromatic N) is 1. The third-order valence-electron chi connectivity index (χ3n) is 4.00. The Bertz CT molecular complexity index is 899. The highest BCUT2D eigenvalue weighted by atomic mass is 32.2. The molecule has 162 valence electrons. The molecular weight excluding hydrogens is 420 g/mol. The highest BCUT2D eigenvalue weighted by Crippen LogP contribution is 2.38. The molecule has 30 heavy (non-hydrogen) atoms. The summed E-state index contributed by atoms with van der Waals surface area (Å²) in [5.41, 5.74) is 6.44. The van der Waals surface area contributed by atoms with E-state index in [0.717, 1.165) is 35.7 Å². The van der Waals surface area contributed by atoms with Gasteiger partial charge in [0.05, 0.1) is 12.8 Å². The topological polar surface area (TPSA) is 119 Å². The summed E-state index contributed by atoms with van der Waals surface area (Å²) < 4.78 is 31.0. The molecule has 1 heterocycles. The molecule has 0 spiro atoms. The molecule has 0 aromatic heterocycles. The third-order valence-corrected chi connectivity index (χ3v) is 5.05. The maximum absolute atomic E-state index is 13.3. The number of hydrogen-bond acceptors (Lipinski definition) is 7. The predicted molar refractivity (Wildman–Crippen MR) is 104 cm³/mol. The van der Waals surface area contributed by atoms with Crippen molar-refractivity contribution < 1.29 is 32.7 Å². The number of amides is 2. The average Bonchev–Trinajstić information content (AvgIpc) is 2.86. The standard InChI is InChI=1S/C19H21F2N3O5S/c1-10(23-16(26)6-12-4-13(20)7-14(21)5-12)18(28)24-15(9-30-19(24,3)22)8-17(27)29-11(2)25/h4-5,7,9-10H,6,8,22H2,1-3H3,(H,23,26)/t10-,19?/m0/s1. The van der Waals surface area contributed by atoms with Crippen molar-refractivity contribution in [2.75, 3.05) is 0 Å². The van der Waals surface area contributed by atoms with Gasteiger partial charge in [0.15, 0.2) is 0 Å². The number of carbonyl (C=O) groups is 4. The van der Waals surface area contributed by atoms with E-state index in [1.54, 1.807) is 6.92 Å². The van der Waals surface area contributed by atoms with Gasteiger partial charge in [-0.3, -0.25) is 29.8 Å². The van der Waals surface area contributed by atoms with Gasteiger partial charge < -0.3 is 10.1 Å². The number of nitrogens with two attached hydrogens (primary N) is 1. The molecule has 1 aromatic rings. The van der Waals surface area contributed by atoms with E-state index in [1.165, 1.54) is 12.3 Å². The van der Waals surface area contributed by atoms with Crippen LogP contribution < -0.4 is 11.1 Å². The van der Waals surface area contributed by atoms with Gasteiger partial charge in [0, 0.05) is 18.7 Å². The second-order valence-electron chi connectivity index (χ2n) is 6.84. The molecule has 3 N–H and O–H groups in total. The molecule has 1 aromatic carbocycles. The average molecular weight is 441 g/mol. The van der Waals surface area contributed by atoms with Crippen LogP contribution in [0.4, 0.5) is 8.78 Å². The number of benzene rings is 1. The van der Waals surface area contributed by atoms with Crippen LogP contribution in [0.25, 0.3) is 0 Å². The zero-order chi connectivity index (χ0) is 22.6. The van der Waals surface area contributed by atoms with Crippen LogP contribution in [-0.2, 0) is 30.3 Å². The normalized spacial score (nSPS) is 19.1. The summed E-state index contributed by atoms with van der Waals surface area (Å²) in [5, 5.41) is 3.95. The van der Waals surface area contributed by atoms with Crippen molar-refractivity contribution in [2.24, 2.45) is 5.73 Å². The quantitative estimate of drug-likeness (QED) is 0.508. The van der Waals surface area contributed by atoms with E-state index in [2.05, 4.69) is 10.1 Å². The summed E-state index contributed by atoms with van der Waals surface area (Å²) in [6, 6.07) is 1.67. The van der Waals surface area contributed by atoms with Gasteiger partial charge in [-0.1, -0.05) is 11.8 Å². The van der Waals surface area contributed by atoms with Gasteiger partial charge in [-0.2, -0.15) is 0 Å². The van der Waals surface area contributed by atoms with E-state index in [4.69, 9.17) is 5.73 Å². The molecule has 1 aliphatic rings. The Morgan fingerprint density at radius 2 is 1.80 bits per heavy atom. The first-order chi connectivity index (χ1) is 13.9. The number of rotatable bonds is 6. The van der Waals surface area contributed by atoms with Gasteiger partial charge in [0.2, 0.25) is 5.91 Å². The molecule has 0 saturated carbocycles. The van der Waals surface area contributed by atoms with Crippen LogP contribution in [0.5, 0.6) is 0 Å². The maximum Gasteiger partial charge on any atom is 0.319 e. The number of carbonyl (C=O) groups excluding carboxylic acids is 4. The van der Waals surface area contributed by atoms with E-state index < -0.39 is 46.4 Å². The van der Waals surface area contributed by atoms with Crippen molar-refractivity contribution in [1.29, 1.82) is 0 Å². The van der Waals surface area contributed by atoms with Crippen LogP contribution in [0.1, 0.15) is 32.8 Å². The van der Waals surface area contributed by atoms with Crippen molar-refractivity contribution in [1.82, 2.24) is 10.2 Å². The second-order valence-corrected chi connectivity index (χ2v) is 8.14. The van der Waals surface area contributed by atoms with Crippen LogP contribution >= 0.6 is 11.8 Å². The van der Waals surface area contributed by atoms with Crippen LogP contribution in [0.2, 0.25) is 0 Å². The summed E-state index contributed by atoms with van der Waals surface area (Å²) in [6.07, 6.45) is -0.705. The van der Waals surface area contributed by atoms with E-state index >= 15 is 0 Å². The lowest BCUT2D eigenvalue weighted by Gasteiger charge is -2.34. The molecule has 1 unspecified atom stereocenters. The van der Waals surface area contributed by atoms with Crippen LogP contribution in [0, 0.1) is 11.6 Å². The van der Waals surface area contributed by atoms with E-state index in [1.807, 2.05) is 0 Å². The lowest BCUT2D eigenvalue weighted by Crippen LogP contribution is -2.56. The molecule has 2 rings (SSSR count). The largest absolute Gasteiger partial charge is 0.393 e. The first kappa shape index (κ1) is 23.5. The molecule has 2 atom stereocenters. The molecule has 0 fully saturated rings. The number of ether oxygens (including phenoxy) is 1. The van der Waals surface area contributed by atoms with E-state index in [0.29, 0.717) is 6.07 Å². The minimum absolute atomic E-state index is 0.109. The molecule has 11 heteroatoms. The zero-order valence-corrected chi connectivity index (χ0v) is 17.3. The van der Waals surface area contributed by atoms with Gasteiger partial charge in [-0.15, -0.1) is 0 Å². The van der Waals surface area contributed by atoms with Gasteiger partial charge in [0.25, 0.3) is 5.91 Å². The van der Waals surface area contributed by atoms with Crippen molar-refractivity contribution in [3.05, 3.63) is 46.5 Å². The summed E-state index contributed by atoms with van der Waals surface area (Å²) in [4.78, 5) is 47.8.